The zero-order chi connectivity index (χ0) is 29.4. The molecule has 0 amide bonds. The quantitative estimate of drug-likeness (QED) is 0.256. The summed E-state index contributed by atoms with van der Waals surface area (Å²) in [5, 5.41) is 11.3. The SMILES string of the molecule is [2H][C@@]12Cc3ccccc3[C@]1([2H])N=C(c1cc(Oc3ccc4cc(C)cc(O)c4n3)cc(-c3c(C)cc(C)cc3C)c1)O2. The number of rotatable bonds is 4. The number of phenolic OH excluding ortho intramolecular Hbond substituents is 1. The molecule has 1 N–H and O–H groups in total. The Bertz CT molecular complexity index is 1950. The van der Waals surface area contributed by atoms with Crippen LogP contribution in [-0.2, 0) is 11.2 Å². The van der Waals surface area contributed by atoms with Gasteiger partial charge in [0.05, 0.1) is 2.74 Å². The summed E-state index contributed by atoms with van der Waals surface area (Å²) in [5.41, 5.74) is 9.02. The third-order valence-electron chi connectivity index (χ3n) is 7.55. The van der Waals surface area contributed by atoms with E-state index in [1.807, 2.05) is 61.5 Å². The van der Waals surface area contributed by atoms with E-state index in [9.17, 15) is 6.48 Å². The van der Waals surface area contributed by atoms with Crippen LogP contribution >= 0.6 is 0 Å². The highest BCUT2D eigenvalue weighted by Crippen LogP contribution is 2.42. The van der Waals surface area contributed by atoms with Crippen LogP contribution in [0.15, 0.2) is 83.9 Å². The molecule has 1 aliphatic carbocycles. The smallest absolute Gasteiger partial charge is 0.219 e. The second kappa shape index (κ2) is 9.23. The molecule has 0 saturated heterocycles. The number of nitrogens with zero attached hydrogens (tertiary/aromatic N) is 2. The number of pyridine rings is 1. The van der Waals surface area contributed by atoms with Crippen molar-refractivity contribution in [2.45, 2.75) is 46.2 Å². The van der Waals surface area contributed by atoms with E-state index in [0.717, 1.165) is 38.8 Å². The van der Waals surface area contributed by atoms with Gasteiger partial charge in [-0.05, 0) is 103 Å². The molecule has 2 atom stereocenters. The van der Waals surface area contributed by atoms with Crippen molar-refractivity contribution < 1.29 is 17.3 Å². The van der Waals surface area contributed by atoms with E-state index in [1.165, 1.54) is 5.56 Å². The summed E-state index contributed by atoms with van der Waals surface area (Å²) in [6, 6.07) is 23.3. The average molecular weight is 529 g/mol. The van der Waals surface area contributed by atoms with Gasteiger partial charge in [0.2, 0.25) is 11.8 Å². The second-order valence-corrected chi connectivity index (χ2v) is 10.8. The zero-order valence-electron chi connectivity index (χ0n) is 24.9. The van der Waals surface area contributed by atoms with E-state index in [2.05, 4.69) is 37.9 Å². The molecule has 5 aromatic rings. The van der Waals surface area contributed by atoms with Gasteiger partial charge in [-0.1, -0.05) is 42.0 Å². The number of aryl methyl sites for hydroxylation is 4. The van der Waals surface area contributed by atoms with Crippen molar-refractivity contribution in [1.29, 1.82) is 0 Å². The Morgan fingerprint density at radius 3 is 2.45 bits per heavy atom. The Hall–Kier alpha value is -4.64. The molecule has 0 saturated carbocycles. The molecule has 7 rings (SSSR count). The third-order valence-corrected chi connectivity index (χ3v) is 7.55. The molecule has 0 spiro atoms. The Balaban J connectivity index is 1.36. The molecule has 0 bridgehead atoms. The Morgan fingerprint density at radius 1 is 0.875 bits per heavy atom. The third kappa shape index (κ3) is 4.19. The summed E-state index contributed by atoms with van der Waals surface area (Å²) in [5.74, 6) is 1.17. The molecular formula is C35H30N2O3. The molecule has 40 heavy (non-hydrogen) atoms. The van der Waals surface area contributed by atoms with Gasteiger partial charge in [-0.15, -0.1) is 0 Å². The predicted molar refractivity (Wildman–Crippen MR) is 159 cm³/mol. The highest BCUT2D eigenvalue weighted by Gasteiger charge is 2.39. The van der Waals surface area contributed by atoms with Gasteiger partial charge in [-0.25, -0.2) is 9.98 Å². The number of aliphatic imine (C=N–C) groups is 1. The first-order valence-corrected chi connectivity index (χ1v) is 13.4. The molecule has 4 aromatic carbocycles. The fraction of sp³-hybridized carbons (Fsp3) is 0.200. The van der Waals surface area contributed by atoms with Crippen LogP contribution in [0.3, 0.4) is 0 Å². The summed E-state index contributed by atoms with van der Waals surface area (Å²) >= 11 is 0. The molecule has 0 fully saturated rings. The van der Waals surface area contributed by atoms with Crippen molar-refractivity contribution in [2.75, 3.05) is 0 Å². The standard InChI is InChI=1S/C35H30N2O3/c1-19-11-21(3)32(22(4)12-19)25-15-26(35-37-34-28-8-6-5-7-23(28)18-30(34)40-35)17-27(16-25)39-31-10-9-24-13-20(2)14-29(38)33(24)36-31/h5-17,30,34,38H,18H2,1-4H3/t30-,34+/m1/s1/i30D,34D. The normalized spacial score (nSPS) is 21.8. The van der Waals surface area contributed by atoms with E-state index in [0.29, 0.717) is 28.3 Å². The fourth-order valence-corrected chi connectivity index (χ4v) is 5.97. The molecule has 1 aliphatic heterocycles. The van der Waals surface area contributed by atoms with Crippen molar-refractivity contribution in [3.63, 3.8) is 0 Å². The van der Waals surface area contributed by atoms with Crippen molar-refractivity contribution in [3.8, 4) is 28.5 Å². The summed E-state index contributed by atoms with van der Waals surface area (Å²) in [6.07, 6.45) is -1.28. The Labute approximate surface area is 236 Å². The number of hydrogen-bond donors (Lipinski definition) is 1. The number of phenols is 1. The van der Waals surface area contributed by atoms with E-state index >= 15 is 0 Å². The topological polar surface area (TPSA) is 63.9 Å². The molecule has 2 heterocycles. The fourth-order valence-electron chi connectivity index (χ4n) is 5.97. The van der Waals surface area contributed by atoms with Gasteiger partial charge in [0.25, 0.3) is 0 Å². The average Bonchev–Trinajstić information content (AvgIpc) is 3.31. The summed E-state index contributed by atoms with van der Waals surface area (Å²) < 4.78 is 30.9. The number of fused-ring (bicyclic) bond motifs is 4. The maximum atomic E-state index is 10.5. The number of aromatic hydroxyl groups is 1. The minimum absolute atomic E-state index is 0.0952. The van der Waals surface area contributed by atoms with Crippen molar-refractivity contribution in [3.05, 3.63) is 118 Å². The lowest BCUT2D eigenvalue weighted by Crippen LogP contribution is -2.13. The number of benzene rings is 4. The number of hydrogen-bond acceptors (Lipinski definition) is 5. The maximum Gasteiger partial charge on any atom is 0.219 e. The van der Waals surface area contributed by atoms with Crippen LogP contribution in [0.5, 0.6) is 17.4 Å². The van der Waals surface area contributed by atoms with E-state index in [1.54, 1.807) is 12.1 Å². The highest BCUT2D eigenvalue weighted by molar-refractivity contribution is 5.98. The molecule has 1 aromatic heterocycles. The largest absolute Gasteiger partial charge is 0.506 e. The van der Waals surface area contributed by atoms with E-state index < -0.39 is 12.1 Å². The van der Waals surface area contributed by atoms with Crippen LogP contribution in [0.4, 0.5) is 0 Å². The van der Waals surface area contributed by atoms with Crippen LogP contribution in [0.25, 0.3) is 22.0 Å². The lowest BCUT2D eigenvalue weighted by atomic mass is 9.92. The van der Waals surface area contributed by atoms with Crippen LogP contribution in [0, 0.1) is 27.7 Å². The lowest BCUT2D eigenvalue weighted by Gasteiger charge is -2.16. The van der Waals surface area contributed by atoms with Gasteiger partial charge >= 0.3 is 0 Å². The van der Waals surface area contributed by atoms with E-state index in [4.69, 9.17) is 15.8 Å². The van der Waals surface area contributed by atoms with Crippen LogP contribution < -0.4 is 4.74 Å². The van der Waals surface area contributed by atoms with Crippen LogP contribution in [0.1, 0.15) is 47.7 Å². The Morgan fingerprint density at radius 2 is 1.62 bits per heavy atom. The predicted octanol–water partition coefficient (Wildman–Crippen LogP) is 8.08. The van der Waals surface area contributed by atoms with Crippen molar-refractivity contribution >= 4 is 16.8 Å². The Kier molecular flexibility index (Phi) is 5.12. The molecule has 0 radical (unpaired) electrons. The van der Waals surface area contributed by atoms with Gasteiger partial charge in [-0.2, -0.15) is 0 Å². The molecule has 5 heteroatoms. The maximum absolute atomic E-state index is 10.5. The summed E-state index contributed by atoms with van der Waals surface area (Å²) in [7, 11) is 0. The van der Waals surface area contributed by atoms with Gasteiger partial charge in [0.15, 0.2) is 0 Å². The van der Waals surface area contributed by atoms with Crippen molar-refractivity contribution in [1.82, 2.24) is 4.98 Å². The minimum Gasteiger partial charge on any atom is -0.506 e. The monoisotopic (exact) mass is 528 g/mol. The first-order valence-electron chi connectivity index (χ1n) is 14.4. The van der Waals surface area contributed by atoms with Gasteiger partial charge < -0.3 is 14.6 Å². The summed E-state index contributed by atoms with van der Waals surface area (Å²) in [4.78, 5) is 9.32. The van der Waals surface area contributed by atoms with E-state index in [-0.39, 0.29) is 18.1 Å². The van der Waals surface area contributed by atoms with Gasteiger partial charge in [0, 0.05) is 23.4 Å². The highest BCUT2D eigenvalue weighted by atomic mass is 16.5. The zero-order valence-corrected chi connectivity index (χ0v) is 22.9. The lowest BCUT2D eigenvalue weighted by molar-refractivity contribution is 0.206. The second-order valence-electron chi connectivity index (χ2n) is 10.8. The molecule has 198 valence electrons. The molecule has 2 aliphatic rings. The molecule has 5 nitrogen and oxygen atoms in total. The first-order chi connectivity index (χ1) is 20.0. The number of aromatic nitrogens is 1. The van der Waals surface area contributed by atoms with Crippen molar-refractivity contribution in [2.24, 2.45) is 4.99 Å². The van der Waals surface area contributed by atoms with Crippen LogP contribution in [0.2, 0.25) is 0 Å². The number of ether oxygens (including phenoxy) is 2. The van der Waals surface area contributed by atoms with Crippen LogP contribution in [-0.4, -0.2) is 22.1 Å². The van der Waals surface area contributed by atoms with Gasteiger partial charge in [0.1, 0.15) is 29.1 Å². The molecular weight excluding hydrogens is 496 g/mol. The van der Waals surface area contributed by atoms with Gasteiger partial charge in [-0.3, -0.25) is 0 Å². The summed E-state index contributed by atoms with van der Waals surface area (Å²) in [6.45, 7) is 8.17. The minimum atomic E-state index is -1.57. The first kappa shape index (κ1) is 22.2. The molecule has 0 unspecified atom stereocenters.